The van der Waals surface area contributed by atoms with Crippen LogP contribution in [0.1, 0.15) is 44.8 Å². The molecule has 2 fully saturated rings. The molecule has 0 aliphatic carbocycles. The molecule has 0 N–H and O–H groups in total. The van der Waals surface area contributed by atoms with Crippen LogP contribution < -0.4 is 10.5 Å². The van der Waals surface area contributed by atoms with Crippen LogP contribution in [0.4, 0.5) is 19.0 Å². The Balaban J connectivity index is 1.58. The number of nitrogens with zero attached hydrogens (tertiary/aromatic N) is 5. The molecule has 6 rings (SSSR count). The highest BCUT2D eigenvalue weighted by Gasteiger charge is 2.31. The first-order valence-corrected chi connectivity index (χ1v) is 12.8. The zero-order valence-electron chi connectivity index (χ0n) is 20.4. The number of hydrogen-bond acceptors (Lipinski definition) is 5. The molecule has 3 aromatic heterocycles. The molecule has 1 aromatic carbocycles. The van der Waals surface area contributed by atoms with Gasteiger partial charge in [0.1, 0.15) is 12.4 Å². The molecular weight excluding hydrogens is 483 g/mol. The van der Waals surface area contributed by atoms with E-state index in [-0.39, 0.29) is 17.1 Å². The summed E-state index contributed by atoms with van der Waals surface area (Å²) in [5.41, 5.74) is 1.58. The van der Waals surface area contributed by atoms with E-state index in [1.165, 1.54) is 12.6 Å². The minimum atomic E-state index is -4.56. The zero-order valence-corrected chi connectivity index (χ0v) is 20.4. The topological polar surface area (TPSA) is 65.2 Å². The Morgan fingerprint density at radius 3 is 2.62 bits per heavy atom. The van der Waals surface area contributed by atoms with E-state index in [4.69, 9.17) is 4.74 Å². The molecule has 2 saturated heterocycles. The van der Waals surface area contributed by atoms with Gasteiger partial charge in [0.25, 0.3) is 5.56 Å². The smallest absolute Gasteiger partial charge is 0.356 e. The van der Waals surface area contributed by atoms with E-state index in [2.05, 4.69) is 15.0 Å². The highest BCUT2D eigenvalue weighted by Crippen LogP contribution is 2.35. The Morgan fingerprint density at radius 1 is 1.03 bits per heavy atom. The van der Waals surface area contributed by atoms with Crippen molar-refractivity contribution < 1.29 is 17.9 Å². The monoisotopic (exact) mass is 511 g/mol. The molecule has 5 heterocycles. The molecule has 0 bridgehead atoms. The normalized spacial score (nSPS) is 19.1. The molecule has 7 nitrogen and oxygen atoms in total. The Kier molecular flexibility index (Phi) is 6.14. The van der Waals surface area contributed by atoms with Crippen LogP contribution >= 0.6 is 0 Å². The van der Waals surface area contributed by atoms with Crippen molar-refractivity contribution in [3.8, 4) is 11.1 Å². The van der Waals surface area contributed by atoms with Crippen LogP contribution in [0, 0.1) is 0 Å². The fourth-order valence-electron chi connectivity index (χ4n) is 5.62. The fourth-order valence-corrected chi connectivity index (χ4v) is 5.62. The van der Waals surface area contributed by atoms with Gasteiger partial charge in [-0.15, -0.1) is 0 Å². The maximum absolute atomic E-state index is 13.7. The van der Waals surface area contributed by atoms with Crippen LogP contribution in [0.15, 0.2) is 47.5 Å². The second-order valence-corrected chi connectivity index (χ2v) is 9.83. The first kappa shape index (κ1) is 24.0. The van der Waals surface area contributed by atoms with Gasteiger partial charge in [-0.1, -0.05) is 12.1 Å². The first-order valence-electron chi connectivity index (χ1n) is 12.8. The summed E-state index contributed by atoms with van der Waals surface area (Å²) in [6.45, 7) is 0.980. The van der Waals surface area contributed by atoms with Gasteiger partial charge >= 0.3 is 6.18 Å². The third-order valence-electron chi connectivity index (χ3n) is 7.33. The average molecular weight is 512 g/mol. The van der Waals surface area contributed by atoms with Crippen LogP contribution in [0.5, 0.6) is 0 Å². The SMILES string of the molecule is O=c1c2cnn(C3CCCCO3)c2c2ccc(-c3cccnc3N3CCCCC3)cc2n1CC(F)(F)F. The van der Waals surface area contributed by atoms with E-state index < -0.39 is 18.3 Å². The summed E-state index contributed by atoms with van der Waals surface area (Å²) in [5.74, 6) is 0.813. The van der Waals surface area contributed by atoms with E-state index in [1.807, 2.05) is 18.2 Å². The molecule has 0 saturated carbocycles. The number of hydrogen-bond donors (Lipinski definition) is 0. The Morgan fingerprint density at radius 2 is 1.86 bits per heavy atom. The van der Waals surface area contributed by atoms with E-state index in [1.54, 1.807) is 23.0 Å². The Bertz CT molecular complexity index is 1500. The number of pyridine rings is 2. The van der Waals surface area contributed by atoms with Crippen molar-refractivity contribution in [2.24, 2.45) is 0 Å². The lowest BCUT2D eigenvalue weighted by Gasteiger charge is -2.29. The van der Waals surface area contributed by atoms with Crippen molar-refractivity contribution in [1.82, 2.24) is 19.3 Å². The summed E-state index contributed by atoms with van der Waals surface area (Å²) in [4.78, 5) is 20.3. The van der Waals surface area contributed by atoms with Crippen molar-refractivity contribution in [2.75, 3.05) is 24.6 Å². The van der Waals surface area contributed by atoms with Crippen LogP contribution in [0.25, 0.3) is 32.9 Å². The van der Waals surface area contributed by atoms with Gasteiger partial charge in [-0.3, -0.25) is 9.36 Å². The van der Waals surface area contributed by atoms with Crippen LogP contribution in [0.2, 0.25) is 0 Å². The van der Waals surface area contributed by atoms with Gasteiger partial charge in [0.2, 0.25) is 0 Å². The van der Waals surface area contributed by atoms with Gasteiger partial charge < -0.3 is 9.64 Å². The summed E-state index contributed by atoms with van der Waals surface area (Å²) in [6.07, 6.45) is 4.15. The van der Waals surface area contributed by atoms with Crippen LogP contribution in [-0.4, -0.2) is 45.2 Å². The number of halogens is 3. The molecule has 0 amide bonds. The Hall–Kier alpha value is -3.40. The van der Waals surface area contributed by atoms with Gasteiger partial charge in [0, 0.05) is 36.8 Å². The van der Waals surface area contributed by atoms with Crippen molar-refractivity contribution >= 4 is 27.6 Å². The highest BCUT2D eigenvalue weighted by molar-refractivity contribution is 6.05. The van der Waals surface area contributed by atoms with Gasteiger partial charge in [-0.2, -0.15) is 18.3 Å². The lowest BCUT2D eigenvalue weighted by Crippen LogP contribution is -2.30. The molecule has 194 valence electrons. The largest absolute Gasteiger partial charge is 0.406 e. The standard InChI is InChI=1S/C27H28F3N5O2/c28-27(29,30)17-34-22-15-18(19-7-6-11-31-25(19)33-12-3-1-4-13-33)9-10-20(22)24-21(26(34)36)16-32-35(24)23-8-2-5-14-37-23/h6-7,9-11,15-16,23H,1-5,8,12-14,17H2. The summed E-state index contributed by atoms with van der Waals surface area (Å²) < 4.78 is 49.4. The van der Waals surface area contributed by atoms with Gasteiger partial charge in [-0.05, 0) is 62.3 Å². The lowest BCUT2D eigenvalue weighted by molar-refractivity contribution is -0.140. The average Bonchev–Trinajstić information content (AvgIpc) is 3.37. The predicted octanol–water partition coefficient (Wildman–Crippen LogP) is 5.66. The molecule has 1 unspecified atom stereocenters. The molecule has 10 heteroatoms. The minimum Gasteiger partial charge on any atom is -0.356 e. The summed E-state index contributed by atoms with van der Waals surface area (Å²) >= 11 is 0. The fraction of sp³-hybridized carbons (Fsp3) is 0.444. The van der Waals surface area contributed by atoms with Gasteiger partial charge in [0.15, 0.2) is 6.23 Å². The highest BCUT2D eigenvalue weighted by atomic mass is 19.4. The number of alkyl halides is 3. The zero-order chi connectivity index (χ0) is 25.6. The van der Waals surface area contributed by atoms with E-state index >= 15 is 0 Å². The number of anilines is 1. The van der Waals surface area contributed by atoms with E-state index in [0.29, 0.717) is 17.5 Å². The van der Waals surface area contributed by atoms with Crippen molar-refractivity contribution in [3.63, 3.8) is 0 Å². The maximum Gasteiger partial charge on any atom is 0.406 e. The van der Waals surface area contributed by atoms with Crippen LogP contribution in [0.3, 0.4) is 0 Å². The molecule has 2 aliphatic rings. The molecule has 1 atom stereocenters. The van der Waals surface area contributed by atoms with Gasteiger partial charge in [-0.25, -0.2) is 9.67 Å². The second kappa shape index (κ2) is 9.48. The summed E-state index contributed by atoms with van der Waals surface area (Å²) in [7, 11) is 0. The number of rotatable bonds is 4. The number of piperidine rings is 1. The van der Waals surface area contributed by atoms with Gasteiger partial charge in [0.05, 0.1) is 22.6 Å². The van der Waals surface area contributed by atoms with Crippen molar-refractivity contribution in [3.05, 3.63) is 53.1 Å². The molecule has 0 spiro atoms. The minimum absolute atomic E-state index is 0.161. The third kappa shape index (κ3) is 4.47. The van der Waals surface area contributed by atoms with E-state index in [9.17, 15) is 18.0 Å². The maximum atomic E-state index is 13.7. The molecule has 2 aliphatic heterocycles. The summed E-state index contributed by atoms with van der Waals surface area (Å²) in [5, 5.41) is 5.10. The number of fused-ring (bicyclic) bond motifs is 3. The predicted molar refractivity (Wildman–Crippen MR) is 136 cm³/mol. The number of aromatic nitrogens is 4. The molecule has 0 radical (unpaired) electrons. The summed E-state index contributed by atoms with van der Waals surface area (Å²) in [6, 6.07) is 9.14. The van der Waals surface area contributed by atoms with Crippen LogP contribution in [-0.2, 0) is 11.3 Å². The quantitative estimate of drug-likeness (QED) is 0.354. The molecule has 4 aromatic rings. The Labute approximate surface area is 211 Å². The first-order chi connectivity index (χ1) is 17.9. The number of ether oxygens (including phenoxy) is 1. The number of benzene rings is 1. The van der Waals surface area contributed by atoms with Crippen molar-refractivity contribution in [1.29, 1.82) is 0 Å². The molecule has 37 heavy (non-hydrogen) atoms. The van der Waals surface area contributed by atoms with E-state index in [0.717, 1.165) is 66.7 Å². The third-order valence-corrected chi connectivity index (χ3v) is 7.33. The lowest BCUT2D eigenvalue weighted by atomic mass is 10.0. The second-order valence-electron chi connectivity index (χ2n) is 9.83. The van der Waals surface area contributed by atoms with Crippen molar-refractivity contribution in [2.45, 2.75) is 57.5 Å². The molecular formula is C27H28F3N5O2.